The summed E-state index contributed by atoms with van der Waals surface area (Å²) in [6.07, 6.45) is 3.52. The van der Waals surface area contributed by atoms with Crippen LogP contribution in [0.2, 0.25) is 0 Å². The van der Waals surface area contributed by atoms with Gasteiger partial charge in [-0.25, -0.2) is 14.6 Å². The van der Waals surface area contributed by atoms with Gasteiger partial charge < -0.3 is 20.6 Å². The summed E-state index contributed by atoms with van der Waals surface area (Å²) in [5.74, 6) is -1.05. The zero-order chi connectivity index (χ0) is 15.2. The molecule has 2 rings (SSSR count). The van der Waals surface area contributed by atoms with Gasteiger partial charge in [0.1, 0.15) is 5.01 Å². The van der Waals surface area contributed by atoms with E-state index < -0.39 is 5.97 Å². The molecular formula is C13H20N4O3S. The van der Waals surface area contributed by atoms with Gasteiger partial charge in [0.2, 0.25) is 0 Å². The molecule has 3 N–H and O–H groups in total. The van der Waals surface area contributed by atoms with Crippen LogP contribution in [0, 0.1) is 0 Å². The molecule has 1 unspecified atom stereocenters. The molecule has 1 aliphatic rings. The number of likely N-dealkylation sites (N-methyl/N-ethyl adjacent to an activating group) is 1. The first-order valence-electron chi connectivity index (χ1n) is 6.96. The van der Waals surface area contributed by atoms with Gasteiger partial charge in [-0.1, -0.05) is 6.42 Å². The van der Waals surface area contributed by atoms with E-state index >= 15 is 0 Å². The lowest BCUT2D eigenvalue weighted by atomic mass is 10.0. The number of likely N-dealkylation sites (tertiary alicyclic amines) is 1. The Morgan fingerprint density at radius 3 is 2.95 bits per heavy atom. The fourth-order valence-corrected chi connectivity index (χ4v) is 3.03. The van der Waals surface area contributed by atoms with Crippen LogP contribution in [0.3, 0.4) is 0 Å². The van der Waals surface area contributed by atoms with Crippen molar-refractivity contribution in [1.29, 1.82) is 0 Å². The monoisotopic (exact) mass is 312 g/mol. The van der Waals surface area contributed by atoms with E-state index in [2.05, 4.69) is 27.6 Å². The number of urea groups is 1. The van der Waals surface area contributed by atoms with Crippen molar-refractivity contribution in [2.24, 2.45) is 0 Å². The molecule has 1 atom stereocenters. The number of amides is 2. The smallest absolute Gasteiger partial charge is 0.355 e. The Morgan fingerprint density at radius 1 is 1.48 bits per heavy atom. The second-order valence-corrected chi connectivity index (χ2v) is 6.07. The quantitative estimate of drug-likeness (QED) is 0.757. The average Bonchev–Trinajstić information content (AvgIpc) is 2.93. The molecule has 0 saturated carbocycles. The number of thiazole rings is 1. The van der Waals surface area contributed by atoms with Crippen molar-refractivity contribution in [3.8, 4) is 0 Å². The van der Waals surface area contributed by atoms with Gasteiger partial charge in [-0.05, 0) is 26.4 Å². The molecule has 0 aliphatic carbocycles. The number of carbonyl (C=O) groups excluding carboxylic acids is 1. The van der Waals surface area contributed by atoms with Crippen LogP contribution in [0.4, 0.5) is 4.79 Å². The molecular weight excluding hydrogens is 292 g/mol. The van der Waals surface area contributed by atoms with Crippen LogP contribution < -0.4 is 10.6 Å². The van der Waals surface area contributed by atoms with E-state index in [0.717, 1.165) is 13.0 Å². The van der Waals surface area contributed by atoms with E-state index in [1.807, 2.05) is 0 Å². The molecule has 1 aromatic heterocycles. The standard InChI is InChI=1S/C13H20N4O3S/c1-17-5-3-2-4-9(17)6-14-13(20)15-7-11-16-10(8-21-11)12(18)19/h8-9H,2-7H2,1H3,(H,18,19)(H2,14,15,20). The molecule has 1 fully saturated rings. The van der Waals surface area contributed by atoms with Crippen molar-refractivity contribution in [1.82, 2.24) is 20.5 Å². The molecule has 0 spiro atoms. The molecule has 1 saturated heterocycles. The average molecular weight is 312 g/mol. The van der Waals surface area contributed by atoms with E-state index in [-0.39, 0.29) is 18.3 Å². The second-order valence-electron chi connectivity index (χ2n) is 5.13. The summed E-state index contributed by atoms with van der Waals surface area (Å²) in [6.45, 7) is 1.94. The number of hydrogen-bond acceptors (Lipinski definition) is 5. The predicted molar refractivity (Wildman–Crippen MR) is 79.6 cm³/mol. The van der Waals surface area contributed by atoms with Crippen molar-refractivity contribution in [2.75, 3.05) is 20.1 Å². The molecule has 1 aliphatic heterocycles. The van der Waals surface area contributed by atoms with E-state index in [9.17, 15) is 9.59 Å². The maximum atomic E-state index is 11.7. The SMILES string of the molecule is CN1CCCCC1CNC(=O)NCc1nc(C(=O)O)cs1. The van der Waals surface area contributed by atoms with E-state index in [4.69, 9.17) is 5.11 Å². The number of piperidine rings is 1. The molecule has 7 nitrogen and oxygen atoms in total. The second kappa shape index (κ2) is 7.37. The molecule has 116 valence electrons. The maximum Gasteiger partial charge on any atom is 0.355 e. The first kappa shape index (κ1) is 15.7. The highest BCUT2D eigenvalue weighted by atomic mass is 32.1. The minimum absolute atomic E-state index is 0.0149. The van der Waals surface area contributed by atoms with Gasteiger partial charge in [0.15, 0.2) is 5.69 Å². The van der Waals surface area contributed by atoms with Crippen LogP contribution in [0.5, 0.6) is 0 Å². The summed E-state index contributed by atoms with van der Waals surface area (Å²) in [5.41, 5.74) is 0.0149. The fourth-order valence-electron chi connectivity index (χ4n) is 2.32. The van der Waals surface area contributed by atoms with Gasteiger partial charge in [0.05, 0.1) is 6.54 Å². The molecule has 0 radical (unpaired) electrons. The predicted octanol–water partition coefficient (Wildman–Crippen LogP) is 1.12. The highest BCUT2D eigenvalue weighted by Crippen LogP contribution is 2.14. The van der Waals surface area contributed by atoms with E-state index in [1.54, 1.807) is 0 Å². The van der Waals surface area contributed by atoms with Crippen LogP contribution in [-0.4, -0.2) is 53.2 Å². The Bertz CT molecular complexity index is 505. The largest absolute Gasteiger partial charge is 0.476 e. The molecule has 8 heteroatoms. The summed E-state index contributed by atoms with van der Waals surface area (Å²) in [4.78, 5) is 28.6. The molecule has 2 heterocycles. The van der Waals surface area contributed by atoms with Gasteiger partial charge in [-0.15, -0.1) is 11.3 Å². The third-order valence-corrected chi connectivity index (χ3v) is 4.44. The fraction of sp³-hybridized carbons (Fsp3) is 0.615. The highest BCUT2D eigenvalue weighted by Gasteiger charge is 2.19. The number of carbonyl (C=O) groups is 2. The first-order valence-corrected chi connectivity index (χ1v) is 7.84. The van der Waals surface area contributed by atoms with Gasteiger partial charge in [0, 0.05) is 18.0 Å². The van der Waals surface area contributed by atoms with Crippen molar-refractivity contribution in [2.45, 2.75) is 31.8 Å². The topological polar surface area (TPSA) is 94.6 Å². The summed E-state index contributed by atoms with van der Waals surface area (Å²) in [5, 5.41) is 16.4. The summed E-state index contributed by atoms with van der Waals surface area (Å²) in [6, 6.07) is 0.143. The number of aromatic carboxylic acids is 1. The summed E-state index contributed by atoms with van der Waals surface area (Å²) < 4.78 is 0. The number of rotatable bonds is 5. The first-order chi connectivity index (χ1) is 10.1. The molecule has 0 bridgehead atoms. The van der Waals surface area contributed by atoms with Crippen molar-refractivity contribution in [3.05, 3.63) is 16.1 Å². The van der Waals surface area contributed by atoms with Crippen molar-refractivity contribution < 1.29 is 14.7 Å². The Kier molecular flexibility index (Phi) is 5.51. The minimum Gasteiger partial charge on any atom is -0.476 e. The minimum atomic E-state index is -1.05. The lowest BCUT2D eigenvalue weighted by Gasteiger charge is -2.32. The van der Waals surface area contributed by atoms with Gasteiger partial charge in [0.25, 0.3) is 0 Å². The number of aromatic nitrogens is 1. The number of nitrogens with zero attached hydrogens (tertiary/aromatic N) is 2. The van der Waals surface area contributed by atoms with Gasteiger partial charge in [-0.3, -0.25) is 0 Å². The van der Waals surface area contributed by atoms with Crippen LogP contribution in [0.1, 0.15) is 34.8 Å². The lowest BCUT2D eigenvalue weighted by molar-refractivity contribution is 0.0691. The molecule has 1 aromatic rings. The Balaban J connectivity index is 1.70. The summed E-state index contributed by atoms with van der Waals surface area (Å²) >= 11 is 1.22. The van der Waals surface area contributed by atoms with Crippen LogP contribution >= 0.6 is 11.3 Å². The molecule has 2 amide bonds. The van der Waals surface area contributed by atoms with Crippen molar-refractivity contribution >= 4 is 23.3 Å². The highest BCUT2D eigenvalue weighted by molar-refractivity contribution is 7.09. The number of carboxylic acids is 1. The van der Waals surface area contributed by atoms with Crippen LogP contribution in [0.25, 0.3) is 0 Å². The zero-order valence-corrected chi connectivity index (χ0v) is 12.8. The third-order valence-electron chi connectivity index (χ3n) is 3.59. The molecule has 21 heavy (non-hydrogen) atoms. The van der Waals surface area contributed by atoms with Crippen molar-refractivity contribution in [3.63, 3.8) is 0 Å². The number of carboxylic acid groups (broad SMARTS) is 1. The van der Waals surface area contributed by atoms with Crippen LogP contribution in [0.15, 0.2) is 5.38 Å². The Hall–Kier alpha value is -1.67. The number of hydrogen-bond donors (Lipinski definition) is 3. The lowest BCUT2D eigenvalue weighted by Crippen LogP contribution is -2.46. The summed E-state index contributed by atoms with van der Waals surface area (Å²) in [7, 11) is 2.08. The van der Waals surface area contributed by atoms with Crippen LogP contribution in [-0.2, 0) is 6.54 Å². The Labute approximate surface area is 127 Å². The maximum absolute atomic E-state index is 11.7. The zero-order valence-electron chi connectivity index (χ0n) is 12.0. The van der Waals surface area contributed by atoms with E-state index in [1.165, 1.54) is 29.6 Å². The van der Waals surface area contributed by atoms with Gasteiger partial charge >= 0.3 is 12.0 Å². The van der Waals surface area contributed by atoms with Gasteiger partial charge in [-0.2, -0.15) is 0 Å². The normalized spacial score (nSPS) is 19.2. The number of nitrogens with one attached hydrogen (secondary N) is 2. The molecule has 0 aromatic carbocycles. The van der Waals surface area contributed by atoms with E-state index in [0.29, 0.717) is 17.6 Å². The third kappa shape index (κ3) is 4.68. The Morgan fingerprint density at radius 2 is 2.29 bits per heavy atom.